The van der Waals surface area contributed by atoms with Crippen LogP contribution >= 0.6 is 0 Å². The standard InChI is InChI=1S/C19H26BN3O4/c1-3-12(6-10(2)18(21)24)23-8-13(9-23)27-15-5-4-11(16-17(20)22-16)7-14(15)19(25)26/h4-5,7,10,12-13,16-17,22H,3,6,8-9H2,1-2H3,(H2,21,24)(H,25,26). The smallest absolute Gasteiger partial charge is 0.339 e. The Labute approximate surface area is 160 Å². The number of carboxylic acids is 1. The van der Waals surface area contributed by atoms with Crippen molar-refractivity contribution in [2.45, 2.75) is 50.8 Å². The SMILES string of the molecule is [B]C1NC1c1ccc(OC2CN(C(CC)CC(C)C(N)=O)C2)c(C(=O)O)c1. The Morgan fingerprint density at radius 3 is 2.63 bits per heavy atom. The average molecular weight is 371 g/mol. The molecule has 2 radical (unpaired) electrons. The van der Waals surface area contributed by atoms with E-state index in [2.05, 4.69) is 17.1 Å². The number of carbonyl (C=O) groups excluding carboxylic acids is 1. The predicted molar refractivity (Wildman–Crippen MR) is 102 cm³/mol. The summed E-state index contributed by atoms with van der Waals surface area (Å²) in [6, 6.07) is 5.47. The quantitative estimate of drug-likeness (QED) is 0.439. The predicted octanol–water partition coefficient (Wildman–Crippen LogP) is 0.877. The van der Waals surface area contributed by atoms with E-state index in [1.807, 2.05) is 13.0 Å². The maximum Gasteiger partial charge on any atom is 0.339 e. The first-order chi connectivity index (χ1) is 12.8. The number of hydrogen-bond donors (Lipinski definition) is 3. The zero-order chi connectivity index (χ0) is 19.7. The van der Waals surface area contributed by atoms with Crippen molar-refractivity contribution in [1.29, 1.82) is 0 Å². The molecule has 1 amide bonds. The molecule has 2 aliphatic heterocycles. The van der Waals surface area contributed by atoms with Crippen molar-refractivity contribution >= 4 is 19.7 Å². The van der Waals surface area contributed by atoms with Gasteiger partial charge in [0.2, 0.25) is 5.91 Å². The van der Waals surface area contributed by atoms with Crippen LogP contribution in [0.4, 0.5) is 0 Å². The number of nitrogens with one attached hydrogen (secondary N) is 1. The number of hydrogen-bond acceptors (Lipinski definition) is 5. The van der Waals surface area contributed by atoms with Gasteiger partial charge in [-0.3, -0.25) is 9.69 Å². The summed E-state index contributed by atoms with van der Waals surface area (Å²) in [6.45, 7) is 5.35. The number of aromatic carboxylic acids is 1. The third kappa shape index (κ3) is 4.44. The van der Waals surface area contributed by atoms with Crippen LogP contribution in [0.1, 0.15) is 48.7 Å². The third-order valence-electron chi connectivity index (χ3n) is 5.48. The molecule has 8 heteroatoms. The fraction of sp³-hybridized carbons (Fsp3) is 0.579. The number of likely N-dealkylation sites (tertiary alicyclic amines) is 1. The molecule has 4 unspecified atom stereocenters. The van der Waals surface area contributed by atoms with Crippen molar-refractivity contribution < 1.29 is 19.4 Å². The van der Waals surface area contributed by atoms with Crippen LogP contribution in [0.2, 0.25) is 0 Å². The molecule has 1 aromatic rings. The fourth-order valence-corrected chi connectivity index (χ4v) is 3.59. The van der Waals surface area contributed by atoms with Crippen LogP contribution < -0.4 is 15.8 Å². The zero-order valence-electron chi connectivity index (χ0n) is 15.7. The van der Waals surface area contributed by atoms with E-state index in [0.29, 0.717) is 18.8 Å². The van der Waals surface area contributed by atoms with E-state index < -0.39 is 5.97 Å². The lowest BCUT2D eigenvalue weighted by molar-refractivity contribution is -0.122. The molecule has 1 aromatic carbocycles. The molecule has 2 heterocycles. The summed E-state index contributed by atoms with van der Waals surface area (Å²) in [5.41, 5.74) is 6.38. The first-order valence-corrected chi connectivity index (χ1v) is 9.39. The van der Waals surface area contributed by atoms with Crippen LogP contribution in [0.5, 0.6) is 5.75 Å². The molecule has 0 aliphatic carbocycles. The van der Waals surface area contributed by atoms with E-state index in [0.717, 1.165) is 18.4 Å². The van der Waals surface area contributed by atoms with Gasteiger partial charge in [0.15, 0.2) is 0 Å². The van der Waals surface area contributed by atoms with Gasteiger partial charge in [0, 0.05) is 31.1 Å². The van der Waals surface area contributed by atoms with Gasteiger partial charge in [0.1, 0.15) is 17.4 Å². The fourth-order valence-electron chi connectivity index (χ4n) is 3.59. The second kappa shape index (κ2) is 7.90. The molecule has 0 aromatic heterocycles. The summed E-state index contributed by atoms with van der Waals surface area (Å²) >= 11 is 0. The summed E-state index contributed by atoms with van der Waals surface area (Å²) in [4.78, 5) is 25.2. The van der Waals surface area contributed by atoms with Crippen molar-refractivity contribution in [2.24, 2.45) is 11.7 Å². The van der Waals surface area contributed by atoms with E-state index in [-0.39, 0.29) is 41.5 Å². The number of ether oxygens (including phenoxy) is 1. The number of nitrogens with zero attached hydrogens (tertiary/aromatic N) is 1. The Hall–Kier alpha value is -2.06. The normalized spacial score (nSPS) is 24.7. The van der Waals surface area contributed by atoms with Gasteiger partial charge >= 0.3 is 5.97 Å². The number of amides is 1. The molecule has 4 atom stereocenters. The summed E-state index contributed by atoms with van der Waals surface area (Å²) in [7, 11) is 5.76. The molecule has 27 heavy (non-hydrogen) atoms. The van der Waals surface area contributed by atoms with Gasteiger partial charge in [-0.2, -0.15) is 0 Å². The Morgan fingerprint density at radius 1 is 1.44 bits per heavy atom. The monoisotopic (exact) mass is 371 g/mol. The number of rotatable bonds is 9. The molecule has 2 aliphatic rings. The summed E-state index contributed by atoms with van der Waals surface area (Å²) in [5, 5.41) is 12.6. The number of carbonyl (C=O) groups is 2. The van der Waals surface area contributed by atoms with Crippen LogP contribution in [0, 0.1) is 5.92 Å². The van der Waals surface area contributed by atoms with Crippen molar-refractivity contribution in [2.75, 3.05) is 13.1 Å². The van der Waals surface area contributed by atoms with Crippen molar-refractivity contribution in [3.05, 3.63) is 29.3 Å². The first kappa shape index (κ1) is 19.7. The third-order valence-corrected chi connectivity index (χ3v) is 5.48. The van der Waals surface area contributed by atoms with Crippen molar-refractivity contribution in [3.8, 4) is 5.75 Å². The highest BCUT2D eigenvalue weighted by atomic mass is 16.5. The highest BCUT2D eigenvalue weighted by Crippen LogP contribution is 2.32. The molecule has 3 rings (SSSR count). The highest BCUT2D eigenvalue weighted by molar-refractivity contribution is 6.14. The number of nitrogens with two attached hydrogens (primary N) is 1. The van der Waals surface area contributed by atoms with Crippen LogP contribution in [0.15, 0.2) is 18.2 Å². The van der Waals surface area contributed by atoms with E-state index in [9.17, 15) is 14.7 Å². The summed E-state index contributed by atoms with van der Waals surface area (Å²) in [6.07, 6.45) is 1.59. The van der Waals surface area contributed by atoms with Gasteiger partial charge in [-0.05, 0) is 36.5 Å². The van der Waals surface area contributed by atoms with E-state index in [4.69, 9.17) is 18.3 Å². The van der Waals surface area contributed by atoms with Gasteiger partial charge in [0.25, 0.3) is 0 Å². The first-order valence-electron chi connectivity index (χ1n) is 9.39. The van der Waals surface area contributed by atoms with Gasteiger partial charge in [-0.25, -0.2) is 4.79 Å². The minimum atomic E-state index is -1.01. The van der Waals surface area contributed by atoms with E-state index in [1.165, 1.54) is 0 Å². The molecule has 4 N–H and O–H groups in total. The molecule has 0 spiro atoms. The number of benzene rings is 1. The lowest BCUT2D eigenvalue weighted by atomic mass is 9.95. The Morgan fingerprint density at radius 2 is 2.11 bits per heavy atom. The maximum absolute atomic E-state index is 11.6. The van der Waals surface area contributed by atoms with Crippen LogP contribution in [-0.4, -0.2) is 60.9 Å². The highest BCUT2D eigenvalue weighted by Gasteiger charge is 2.36. The maximum atomic E-state index is 11.6. The van der Waals surface area contributed by atoms with E-state index >= 15 is 0 Å². The largest absolute Gasteiger partial charge is 0.487 e. The van der Waals surface area contributed by atoms with Gasteiger partial charge in [-0.15, -0.1) is 0 Å². The second-order valence-corrected chi connectivity index (χ2v) is 7.53. The molecule has 2 saturated heterocycles. The molecule has 2 fully saturated rings. The topological polar surface area (TPSA) is 115 Å². The Bertz CT molecular complexity index is 723. The molecule has 144 valence electrons. The van der Waals surface area contributed by atoms with E-state index in [1.54, 1.807) is 12.1 Å². The molecular weight excluding hydrogens is 345 g/mol. The number of primary amides is 1. The van der Waals surface area contributed by atoms with Gasteiger partial charge in [0.05, 0.1) is 7.85 Å². The molecular formula is C19H26BN3O4. The lowest BCUT2D eigenvalue weighted by Gasteiger charge is -2.44. The molecule has 0 saturated carbocycles. The van der Waals surface area contributed by atoms with Gasteiger partial charge in [-0.1, -0.05) is 19.9 Å². The minimum absolute atomic E-state index is 0.00824. The Balaban J connectivity index is 1.59. The number of carboxylic acid groups (broad SMARTS) is 1. The van der Waals surface area contributed by atoms with Crippen LogP contribution in [-0.2, 0) is 4.79 Å². The summed E-state index contributed by atoms with van der Waals surface area (Å²) < 4.78 is 5.94. The van der Waals surface area contributed by atoms with Crippen molar-refractivity contribution in [3.63, 3.8) is 0 Å². The zero-order valence-corrected chi connectivity index (χ0v) is 15.7. The van der Waals surface area contributed by atoms with Gasteiger partial charge < -0.3 is 20.9 Å². The molecule has 0 bridgehead atoms. The summed E-state index contributed by atoms with van der Waals surface area (Å²) in [5.74, 6) is -1.20. The average Bonchev–Trinajstić information content (AvgIpc) is 3.32. The Kier molecular flexibility index (Phi) is 5.76. The lowest BCUT2D eigenvalue weighted by Crippen LogP contribution is -2.58. The van der Waals surface area contributed by atoms with Crippen LogP contribution in [0.25, 0.3) is 0 Å². The second-order valence-electron chi connectivity index (χ2n) is 7.53. The van der Waals surface area contributed by atoms with Crippen molar-refractivity contribution in [1.82, 2.24) is 10.2 Å². The van der Waals surface area contributed by atoms with Crippen LogP contribution in [0.3, 0.4) is 0 Å². The molecule has 7 nitrogen and oxygen atoms in total. The minimum Gasteiger partial charge on any atom is -0.487 e.